The maximum absolute atomic E-state index is 13.6. The van der Waals surface area contributed by atoms with Crippen LogP contribution in [0.15, 0.2) is 16.9 Å². The molecule has 4 rings (SSSR count). The predicted molar refractivity (Wildman–Crippen MR) is 133 cm³/mol. The number of benzene rings is 1. The van der Waals surface area contributed by atoms with Gasteiger partial charge in [0, 0.05) is 54.5 Å². The summed E-state index contributed by atoms with van der Waals surface area (Å²) in [5.41, 5.74) is 3.53. The summed E-state index contributed by atoms with van der Waals surface area (Å²) in [5.74, 6) is -0.676. The lowest BCUT2D eigenvalue weighted by molar-refractivity contribution is -0.149. The summed E-state index contributed by atoms with van der Waals surface area (Å²) >= 11 is 13.4. The molecule has 1 unspecified atom stereocenters. The Kier molecular flexibility index (Phi) is 7.29. The molecule has 0 bridgehead atoms. The Morgan fingerprint density at radius 3 is 2.54 bits per heavy atom. The summed E-state index contributed by atoms with van der Waals surface area (Å²) in [6.45, 7) is 6.51. The zero-order valence-corrected chi connectivity index (χ0v) is 21.7. The number of ether oxygens (including phenoxy) is 1. The van der Waals surface area contributed by atoms with E-state index < -0.39 is 12.2 Å². The zero-order chi connectivity index (χ0) is 25.6. The number of nitrogens with one attached hydrogen (secondary N) is 1. The third-order valence-electron chi connectivity index (χ3n) is 6.89. The summed E-state index contributed by atoms with van der Waals surface area (Å²) in [5, 5.41) is 10.3. The van der Waals surface area contributed by atoms with Crippen LogP contribution in [0.1, 0.15) is 51.3 Å². The van der Waals surface area contributed by atoms with Gasteiger partial charge in [0.15, 0.2) is 0 Å². The molecule has 2 atom stereocenters. The highest BCUT2D eigenvalue weighted by Gasteiger charge is 2.40. The van der Waals surface area contributed by atoms with Crippen molar-refractivity contribution in [3.63, 3.8) is 0 Å². The van der Waals surface area contributed by atoms with Crippen LogP contribution in [0.3, 0.4) is 0 Å². The van der Waals surface area contributed by atoms with Gasteiger partial charge in [0.2, 0.25) is 0 Å². The molecule has 8 nitrogen and oxygen atoms in total. The number of nitrogens with zero attached hydrogens (tertiary/aromatic N) is 2. The first-order valence-electron chi connectivity index (χ1n) is 11.5. The fourth-order valence-corrected chi connectivity index (χ4v) is 5.67. The lowest BCUT2D eigenvalue weighted by Gasteiger charge is -2.44. The second kappa shape index (κ2) is 9.93. The van der Waals surface area contributed by atoms with E-state index >= 15 is 0 Å². The fraction of sp³-hybridized carbons (Fsp3) is 0.480. The third kappa shape index (κ3) is 4.72. The number of aliphatic hydroxyl groups is 1. The van der Waals surface area contributed by atoms with E-state index in [0.29, 0.717) is 53.3 Å². The molecule has 1 saturated heterocycles. The average molecular weight is 522 g/mol. The van der Waals surface area contributed by atoms with Crippen LogP contribution in [0.5, 0.6) is 0 Å². The Balaban J connectivity index is 1.63. The van der Waals surface area contributed by atoms with E-state index in [2.05, 4.69) is 4.98 Å². The van der Waals surface area contributed by atoms with Crippen LogP contribution >= 0.6 is 23.2 Å². The number of aromatic nitrogens is 1. The van der Waals surface area contributed by atoms with Crippen molar-refractivity contribution in [1.82, 2.24) is 14.8 Å². The van der Waals surface area contributed by atoms with Crippen molar-refractivity contribution in [2.24, 2.45) is 5.92 Å². The first-order valence-corrected chi connectivity index (χ1v) is 12.3. The lowest BCUT2D eigenvalue weighted by atomic mass is 9.86. The number of hydrogen-bond acceptors (Lipinski definition) is 5. The van der Waals surface area contributed by atoms with Gasteiger partial charge in [0.1, 0.15) is 6.10 Å². The molecule has 35 heavy (non-hydrogen) atoms. The Morgan fingerprint density at radius 2 is 1.94 bits per heavy atom. The molecule has 2 aliphatic heterocycles. The number of likely N-dealkylation sites (tertiary alicyclic amines) is 1. The van der Waals surface area contributed by atoms with Gasteiger partial charge in [-0.05, 0) is 50.5 Å². The van der Waals surface area contributed by atoms with Crippen molar-refractivity contribution < 1.29 is 19.4 Å². The Morgan fingerprint density at radius 1 is 1.26 bits per heavy atom. The Labute approximate surface area is 213 Å². The molecule has 0 aliphatic carbocycles. The molecule has 10 heteroatoms. The number of rotatable bonds is 6. The van der Waals surface area contributed by atoms with Gasteiger partial charge in [-0.25, -0.2) is 0 Å². The molecule has 0 saturated carbocycles. The number of fused-ring (bicyclic) bond motifs is 1. The lowest BCUT2D eigenvalue weighted by Crippen LogP contribution is -2.54. The van der Waals surface area contributed by atoms with Crippen molar-refractivity contribution in [1.29, 1.82) is 0 Å². The first-order chi connectivity index (χ1) is 16.5. The van der Waals surface area contributed by atoms with E-state index in [9.17, 15) is 19.5 Å². The second-order valence-electron chi connectivity index (χ2n) is 9.37. The van der Waals surface area contributed by atoms with Crippen LogP contribution in [0.4, 0.5) is 0 Å². The number of aryl methyl sites for hydroxylation is 2. The summed E-state index contributed by atoms with van der Waals surface area (Å²) < 4.78 is 5.74. The first kappa shape index (κ1) is 25.7. The second-order valence-corrected chi connectivity index (χ2v) is 10.2. The van der Waals surface area contributed by atoms with Gasteiger partial charge in [0.25, 0.3) is 17.4 Å². The molecule has 3 heterocycles. The molecular weight excluding hydrogens is 493 g/mol. The highest BCUT2D eigenvalue weighted by Crippen LogP contribution is 2.42. The molecular formula is C25H29Cl2N3O5. The van der Waals surface area contributed by atoms with Crippen molar-refractivity contribution in [3.8, 4) is 0 Å². The molecule has 2 amide bonds. The smallest absolute Gasteiger partial charge is 0.256 e. The minimum absolute atomic E-state index is 0.0575. The molecule has 1 aromatic carbocycles. The number of pyridine rings is 1. The normalized spacial score (nSPS) is 17.7. The molecule has 2 N–H and O–H groups in total. The highest BCUT2D eigenvalue weighted by molar-refractivity contribution is 6.37. The number of amides is 2. The largest absolute Gasteiger partial charge is 0.384 e. The fourth-order valence-electron chi connectivity index (χ4n) is 5.01. The number of methoxy groups -OCH3 is 1. The average Bonchev–Trinajstić information content (AvgIpc) is 2.76. The van der Waals surface area contributed by atoms with Crippen LogP contribution < -0.4 is 5.56 Å². The highest BCUT2D eigenvalue weighted by atomic mass is 35.5. The Hall–Kier alpha value is -2.39. The van der Waals surface area contributed by atoms with Gasteiger partial charge in [0.05, 0.1) is 23.2 Å². The van der Waals surface area contributed by atoms with Gasteiger partial charge in [-0.15, -0.1) is 0 Å². The minimum Gasteiger partial charge on any atom is -0.384 e. The van der Waals surface area contributed by atoms with Crippen LogP contribution in [-0.2, 0) is 22.5 Å². The maximum Gasteiger partial charge on any atom is 0.256 e. The Bertz CT molecular complexity index is 1240. The van der Waals surface area contributed by atoms with Crippen LogP contribution in [0, 0.1) is 19.8 Å². The molecule has 1 aromatic heterocycles. The molecule has 1 fully saturated rings. The number of hydrogen-bond donors (Lipinski definition) is 2. The summed E-state index contributed by atoms with van der Waals surface area (Å²) in [7, 11) is 1.55. The molecule has 0 spiro atoms. The van der Waals surface area contributed by atoms with Gasteiger partial charge >= 0.3 is 0 Å². The standard InChI is InChI=1S/C25H29Cl2N3O5/c1-12-7-13(2)28-23(32)18(12)11-29-6-5-16-19(26)8-17(21(27)20(16)25(29)34)22(35-4)15-9-30(10-15)24(33)14(3)31/h7-8,14-15,22,31H,5-6,9-11H2,1-4H3,(H,28,32)/t14-,22?/m1/s1. The SMILES string of the molecule is COC(c1cc(Cl)c2c(c1Cl)C(=O)N(Cc1c(C)cc(C)[nH]c1=O)CC2)C1CN(C(=O)[C@@H](C)O)C1. The van der Waals surface area contributed by atoms with Crippen LogP contribution in [0.2, 0.25) is 10.0 Å². The van der Waals surface area contributed by atoms with E-state index in [1.807, 2.05) is 19.9 Å². The molecule has 2 aliphatic rings. The van der Waals surface area contributed by atoms with E-state index in [4.69, 9.17) is 27.9 Å². The topological polar surface area (TPSA) is 103 Å². The predicted octanol–water partition coefficient (Wildman–Crippen LogP) is 3.02. The molecule has 188 valence electrons. The summed E-state index contributed by atoms with van der Waals surface area (Å²) in [6.07, 6.45) is -1.03. The monoisotopic (exact) mass is 521 g/mol. The van der Waals surface area contributed by atoms with E-state index in [0.717, 1.165) is 11.3 Å². The molecule has 0 radical (unpaired) electrons. The van der Waals surface area contributed by atoms with Crippen LogP contribution in [0.25, 0.3) is 0 Å². The van der Waals surface area contributed by atoms with E-state index in [-0.39, 0.29) is 34.9 Å². The van der Waals surface area contributed by atoms with Gasteiger partial charge < -0.3 is 24.6 Å². The maximum atomic E-state index is 13.6. The quantitative estimate of drug-likeness (QED) is 0.608. The summed E-state index contributed by atoms with van der Waals surface area (Å²) in [4.78, 5) is 44.1. The van der Waals surface area contributed by atoms with E-state index in [1.165, 1.54) is 6.92 Å². The van der Waals surface area contributed by atoms with Crippen molar-refractivity contribution in [2.45, 2.75) is 45.9 Å². The number of aromatic amines is 1. The molecule has 2 aromatic rings. The minimum atomic E-state index is -1.06. The van der Waals surface area contributed by atoms with Gasteiger partial charge in [-0.1, -0.05) is 23.2 Å². The number of H-pyrrole nitrogens is 1. The van der Waals surface area contributed by atoms with Gasteiger partial charge in [-0.3, -0.25) is 14.4 Å². The van der Waals surface area contributed by atoms with Gasteiger partial charge in [-0.2, -0.15) is 0 Å². The number of carbonyl (C=O) groups excluding carboxylic acids is 2. The number of aliphatic hydroxyl groups excluding tert-OH is 1. The summed E-state index contributed by atoms with van der Waals surface area (Å²) in [6, 6.07) is 3.63. The zero-order valence-electron chi connectivity index (χ0n) is 20.2. The van der Waals surface area contributed by atoms with E-state index in [1.54, 1.807) is 23.0 Å². The van der Waals surface area contributed by atoms with Crippen molar-refractivity contribution in [2.75, 3.05) is 26.7 Å². The number of halogens is 2. The van der Waals surface area contributed by atoms with Crippen molar-refractivity contribution >= 4 is 35.0 Å². The third-order valence-corrected chi connectivity index (χ3v) is 7.63. The van der Waals surface area contributed by atoms with Crippen molar-refractivity contribution in [3.05, 3.63) is 66.0 Å². The number of carbonyl (C=O) groups is 2. The van der Waals surface area contributed by atoms with Crippen LogP contribution in [-0.4, -0.2) is 64.6 Å².